The Labute approximate surface area is 194 Å². The number of thiophene rings is 1. The van der Waals surface area contributed by atoms with Gasteiger partial charge in [-0.2, -0.15) is 0 Å². The van der Waals surface area contributed by atoms with Crippen LogP contribution in [0.25, 0.3) is 20.3 Å². The quantitative estimate of drug-likeness (QED) is 0.348. The molecular weight excluding hydrogens is 461 g/mol. The topological polar surface area (TPSA) is 45.7 Å². The number of anilines is 1. The summed E-state index contributed by atoms with van der Waals surface area (Å²) in [5, 5.41) is 2.07. The van der Waals surface area contributed by atoms with Crippen molar-refractivity contribution in [3.05, 3.63) is 52.4 Å². The molecule has 4 aromatic rings. The monoisotopic (exact) mass is 481 g/mol. The lowest BCUT2D eigenvalue weighted by molar-refractivity contribution is 0.0989. The number of fused-ring (bicyclic) bond motifs is 2. The van der Waals surface area contributed by atoms with Crippen LogP contribution in [0.1, 0.15) is 9.67 Å². The van der Waals surface area contributed by atoms with E-state index in [1.165, 1.54) is 22.7 Å². The van der Waals surface area contributed by atoms with E-state index in [4.69, 9.17) is 21.3 Å². The first-order valence-corrected chi connectivity index (χ1v) is 11.1. The standard InChI is InChI=1S/C21H20ClN3O2S2.ClH/c1-24(2)10-11-25(21-23-15-12-13(27-3)8-9-17(15)29-21)20(26)19-18(22)14-6-4-5-7-16(14)28-19;/h4-9,12H,10-11H2,1-3H3;1H. The number of methoxy groups -OCH3 is 1. The molecule has 158 valence electrons. The van der Waals surface area contributed by atoms with E-state index in [2.05, 4.69) is 0 Å². The lowest BCUT2D eigenvalue weighted by Crippen LogP contribution is -2.36. The molecule has 0 saturated carbocycles. The maximum atomic E-state index is 13.5. The van der Waals surface area contributed by atoms with Gasteiger partial charge < -0.3 is 9.64 Å². The summed E-state index contributed by atoms with van der Waals surface area (Å²) in [5.74, 6) is 0.622. The summed E-state index contributed by atoms with van der Waals surface area (Å²) in [4.78, 5) is 22.6. The number of carbonyl (C=O) groups excluding carboxylic acids is 1. The molecule has 0 N–H and O–H groups in total. The van der Waals surface area contributed by atoms with Crippen molar-refractivity contribution in [2.75, 3.05) is 39.2 Å². The minimum absolute atomic E-state index is 0. The van der Waals surface area contributed by atoms with Gasteiger partial charge in [0.1, 0.15) is 10.6 Å². The van der Waals surface area contributed by atoms with Crippen molar-refractivity contribution in [1.82, 2.24) is 9.88 Å². The fourth-order valence-corrected chi connectivity index (χ4v) is 5.43. The molecule has 9 heteroatoms. The maximum absolute atomic E-state index is 13.5. The zero-order valence-electron chi connectivity index (χ0n) is 16.7. The SMILES string of the molecule is COc1ccc2sc(N(CCN(C)C)C(=O)c3sc4ccccc4c3Cl)nc2c1.Cl. The molecule has 0 radical (unpaired) electrons. The fourth-order valence-electron chi connectivity index (χ4n) is 3.00. The predicted octanol–water partition coefficient (Wildman–Crippen LogP) is 5.80. The largest absolute Gasteiger partial charge is 0.497 e. The molecule has 0 spiro atoms. The van der Waals surface area contributed by atoms with E-state index in [1.54, 1.807) is 12.0 Å². The number of rotatable bonds is 6. The van der Waals surface area contributed by atoms with Crippen LogP contribution in [-0.2, 0) is 0 Å². The van der Waals surface area contributed by atoms with Gasteiger partial charge in [0.25, 0.3) is 5.91 Å². The fraction of sp³-hybridized carbons (Fsp3) is 0.238. The summed E-state index contributed by atoms with van der Waals surface area (Å²) < 4.78 is 7.31. The molecule has 4 rings (SSSR count). The Morgan fingerprint density at radius 1 is 1.10 bits per heavy atom. The van der Waals surface area contributed by atoms with Gasteiger partial charge >= 0.3 is 0 Å². The first-order valence-electron chi connectivity index (χ1n) is 9.06. The maximum Gasteiger partial charge on any atom is 0.271 e. The van der Waals surface area contributed by atoms with Gasteiger partial charge in [0.15, 0.2) is 5.13 Å². The van der Waals surface area contributed by atoms with Gasteiger partial charge in [0.05, 0.1) is 22.3 Å². The van der Waals surface area contributed by atoms with E-state index in [0.717, 1.165) is 26.1 Å². The van der Waals surface area contributed by atoms with Gasteiger partial charge in [-0.1, -0.05) is 41.1 Å². The number of carbonyl (C=O) groups is 1. The molecule has 0 aliphatic heterocycles. The van der Waals surface area contributed by atoms with Gasteiger partial charge in [-0.05, 0) is 32.3 Å². The van der Waals surface area contributed by atoms with E-state index in [0.29, 0.717) is 28.1 Å². The first-order chi connectivity index (χ1) is 14.0. The highest BCUT2D eigenvalue weighted by molar-refractivity contribution is 7.23. The van der Waals surface area contributed by atoms with E-state index >= 15 is 0 Å². The van der Waals surface area contributed by atoms with Crippen LogP contribution >= 0.6 is 46.7 Å². The van der Waals surface area contributed by atoms with Crippen molar-refractivity contribution in [2.45, 2.75) is 0 Å². The summed E-state index contributed by atoms with van der Waals surface area (Å²) in [5.41, 5.74) is 0.814. The van der Waals surface area contributed by atoms with Crippen LogP contribution in [0.4, 0.5) is 5.13 Å². The van der Waals surface area contributed by atoms with Gasteiger partial charge in [0, 0.05) is 29.2 Å². The second kappa shape index (κ2) is 9.49. The molecule has 0 fully saturated rings. The van der Waals surface area contributed by atoms with Crippen LogP contribution in [0.2, 0.25) is 5.02 Å². The van der Waals surface area contributed by atoms with Crippen molar-refractivity contribution in [3.8, 4) is 5.75 Å². The molecule has 0 aliphatic rings. The van der Waals surface area contributed by atoms with E-state index in [9.17, 15) is 4.79 Å². The van der Waals surface area contributed by atoms with E-state index in [-0.39, 0.29) is 18.3 Å². The number of halogens is 2. The molecule has 1 amide bonds. The third kappa shape index (κ3) is 4.40. The molecule has 0 aliphatic carbocycles. The van der Waals surface area contributed by atoms with Gasteiger partial charge in [-0.3, -0.25) is 9.69 Å². The average molecular weight is 482 g/mol. The summed E-state index contributed by atoms with van der Waals surface area (Å²) in [7, 11) is 5.60. The number of hydrogen-bond acceptors (Lipinski definition) is 6. The lowest BCUT2D eigenvalue weighted by atomic mass is 10.2. The molecule has 0 bridgehead atoms. The van der Waals surface area contributed by atoms with Crippen LogP contribution in [0.15, 0.2) is 42.5 Å². The van der Waals surface area contributed by atoms with Gasteiger partial charge in [0.2, 0.25) is 0 Å². The molecule has 0 saturated heterocycles. The van der Waals surface area contributed by atoms with Crippen molar-refractivity contribution >= 4 is 78.0 Å². The Kier molecular flexibility index (Phi) is 7.21. The number of likely N-dealkylation sites (N-methyl/N-ethyl adjacent to an activating group) is 1. The number of hydrogen-bond donors (Lipinski definition) is 0. The number of thiazole rings is 1. The Hall–Kier alpha value is -1.90. The summed E-state index contributed by atoms with van der Waals surface area (Å²) in [6.45, 7) is 1.24. The Morgan fingerprint density at radius 2 is 1.87 bits per heavy atom. The molecule has 5 nitrogen and oxygen atoms in total. The van der Waals surface area contributed by atoms with Crippen molar-refractivity contribution in [1.29, 1.82) is 0 Å². The number of amides is 1. The molecule has 0 unspecified atom stereocenters. The zero-order valence-corrected chi connectivity index (χ0v) is 19.9. The Balaban J connectivity index is 0.00000256. The smallest absolute Gasteiger partial charge is 0.271 e. The second-order valence-corrected chi connectivity index (χ2v) is 9.27. The normalized spacial score (nSPS) is 11.1. The minimum atomic E-state index is -0.121. The number of nitrogens with zero attached hydrogens (tertiary/aromatic N) is 3. The Bertz CT molecular complexity index is 1190. The van der Waals surface area contributed by atoms with E-state index < -0.39 is 0 Å². The third-order valence-corrected chi connectivity index (χ3v) is 7.28. The highest BCUT2D eigenvalue weighted by Gasteiger charge is 2.26. The summed E-state index contributed by atoms with van der Waals surface area (Å²) in [6.07, 6.45) is 0. The first kappa shape index (κ1) is 22.8. The summed E-state index contributed by atoms with van der Waals surface area (Å²) in [6, 6.07) is 13.6. The van der Waals surface area contributed by atoms with Crippen molar-refractivity contribution < 1.29 is 9.53 Å². The molecule has 2 heterocycles. The average Bonchev–Trinajstić information content (AvgIpc) is 3.28. The second-order valence-electron chi connectivity index (χ2n) is 6.83. The Morgan fingerprint density at radius 3 is 2.57 bits per heavy atom. The number of ether oxygens (including phenoxy) is 1. The van der Waals surface area contributed by atoms with Crippen LogP contribution in [-0.4, -0.2) is 50.1 Å². The highest BCUT2D eigenvalue weighted by Crippen LogP contribution is 2.38. The lowest BCUT2D eigenvalue weighted by Gasteiger charge is -2.21. The highest BCUT2D eigenvalue weighted by atomic mass is 35.5. The summed E-state index contributed by atoms with van der Waals surface area (Å²) >= 11 is 9.50. The number of benzene rings is 2. The van der Waals surface area contributed by atoms with Crippen LogP contribution in [0.5, 0.6) is 5.75 Å². The van der Waals surface area contributed by atoms with Gasteiger partial charge in [-0.25, -0.2) is 4.98 Å². The van der Waals surface area contributed by atoms with Crippen molar-refractivity contribution in [3.63, 3.8) is 0 Å². The van der Waals surface area contributed by atoms with Crippen LogP contribution < -0.4 is 9.64 Å². The zero-order chi connectivity index (χ0) is 20.5. The number of aromatic nitrogens is 1. The van der Waals surface area contributed by atoms with Gasteiger partial charge in [-0.15, -0.1) is 23.7 Å². The predicted molar refractivity (Wildman–Crippen MR) is 130 cm³/mol. The third-order valence-electron chi connectivity index (χ3n) is 4.56. The van der Waals surface area contributed by atoms with E-state index in [1.807, 2.05) is 61.5 Å². The van der Waals surface area contributed by atoms with Crippen LogP contribution in [0.3, 0.4) is 0 Å². The van der Waals surface area contributed by atoms with Crippen molar-refractivity contribution in [2.24, 2.45) is 0 Å². The molecule has 30 heavy (non-hydrogen) atoms. The minimum Gasteiger partial charge on any atom is -0.497 e. The van der Waals surface area contributed by atoms with Crippen LogP contribution in [0, 0.1) is 0 Å². The molecule has 0 atom stereocenters. The molecule has 2 aromatic heterocycles. The molecule has 2 aromatic carbocycles. The molecular formula is C21H21Cl2N3O2S2.